The van der Waals surface area contributed by atoms with E-state index in [2.05, 4.69) is 10.6 Å². The molecule has 208 valence electrons. The molecular formula is C33H36N2O5. The zero-order valence-corrected chi connectivity index (χ0v) is 23.4. The number of aliphatic hydroxyl groups excluding tert-OH is 1. The highest BCUT2D eigenvalue weighted by atomic mass is 16.5. The number of furan rings is 1. The lowest BCUT2D eigenvalue weighted by atomic mass is 9.98. The molecule has 4 aromatic rings. The van der Waals surface area contributed by atoms with Crippen LogP contribution in [0.2, 0.25) is 0 Å². The van der Waals surface area contributed by atoms with Gasteiger partial charge >= 0.3 is 0 Å². The van der Waals surface area contributed by atoms with Gasteiger partial charge in [0, 0.05) is 24.2 Å². The molecule has 0 unspecified atom stereocenters. The highest BCUT2D eigenvalue weighted by molar-refractivity contribution is 6.09. The Hall–Kier alpha value is -4.20. The van der Waals surface area contributed by atoms with Crippen LogP contribution in [-0.2, 0) is 13.0 Å². The Morgan fingerprint density at radius 3 is 2.33 bits per heavy atom. The van der Waals surface area contributed by atoms with Crippen molar-refractivity contribution in [3.63, 3.8) is 0 Å². The predicted molar refractivity (Wildman–Crippen MR) is 155 cm³/mol. The average Bonchev–Trinajstić information content (AvgIpc) is 3.30. The number of ether oxygens (including phenoxy) is 1. The van der Waals surface area contributed by atoms with Gasteiger partial charge in [0.05, 0.1) is 19.3 Å². The fraction of sp³-hybridized carbons (Fsp3) is 0.273. The lowest BCUT2D eigenvalue weighted by Gasteiger charge is -2.25. The number of aryl methyl sites for hydroxylation is 3. The number of methoxy groups -OCH3 is 1. The van der Waals surface area contributed by atoms with Crippen LogP contribution in [0.25, 0.3) is 0 Å². The van der Waals surface area contributed by atoms with Gasteiger partial charge in [0.2, 0.25) is 5.78 Å². The van der Waals surface area contributed by atoms with Crippen molar-refractivity contribution in [3.05, 3.63) is 124 Å². The maximum Gasteiger partial charge on any atom is 0.251 e. The molecule has 0 aliphatic carbocycles. The third kappa shape index (κ3) is 7.46. The number of hydrogen-bond acceptors (Lipinski definition) is 6. The first-order chi connectivity index (χ1) is 19.2. The summed E-state index contributed by atoms with van der Waals surface area (Å²) in [5.74, 6) is 1.05. The van der Waals surface area contributed by atoms with Gasteiger partial charge in [0.25, 0.3) is 5.91 Å². The Balaban J connectivity index is 1.49. The minimum absolute atomic E-state index is 0.242. The summed E-state index contributed by atoms with van der Waals surface area (Å²) >= 11 is 0. The summed E-state index contributed by atoms with van der Waals surface area (Å²) < 4.78 is 10.9. The molecule has 0 spiro atoms. The molecule has 40 heavy (non-hydrogen) atoms. The van der Waals surface area contributed by atoms with E-state index in [0.29, 0.717) is 29.9 Å². The van der Waals surface area contributed by atoms with Gasteiger partial charge in [-0.3, -0.25) is 9.59 Å². The largest absolute Gasteiger partial charge is 0.497 e. The van der Waals surface area contributed by atoms with Crippen molar-refractivity contribution < 1.29 is 23.8 Å². The molecule has 2 atom stereocenters. The standard InChI is InChI=1S/C33H36N2O5/c1-21-13-26(32(37)31-15-22(2)23(3)40-31)18-27(14-21)33(38)35-29(17-24-9-6-5-7-10-24)30(36)20-34-19-25-11-8-12-28(16-25)39-4/h5-16,18,29-30,34,36H,17,19-20H2,1-4H3,(H,35,38)/t29-,30+/m0/s1. The van der Waals surface area contributed by atoms with Crippen molar-refractivity contribution in [1.82, 2.24) is 10.6 Å². The number of carbonyl (C=O) groups is 2. The summed E-state index contributed by atoms with van der Waals surface area (Å²) in [6.45, 7) is 6.34. The lowest BCUT2D eigenvalue weighted by molar-refractivity contribution is 0.0830. The van der Waals surface area contributed by atoms with Crippen molar-refractivity contribution in [3.8, 4) is 5.75 Å². The fourth-order valence-corrected chi connectivity index (χ4v) is 4.56. The summed E-state index contributed by atoms with van der Waals surface area (Å²) in [4.78, 5) is 26.6. The molecular weight excluding hydrogens is 504 g/mol. The lowest BCUT2D eigenvalue weighted by Crippen LogP contribution is -2.48. The molecule has 0 saturated carbocycles. The molecule has 3 aromatic carbocycles. The van der Waals surface area contributed by atoms with Crippen LogP contribution in [0.5, 0.6) is 5.75 Å². The van der Waals surface area contributed by atoms with Gasteiger partial charge in [0.1, 0.15) is 11.5 Å². The number of aliphatic hydroxyl groups is 1. The van der Waals surface area contributed by atoms with Crippen molar-refractivity contribution >= 4 is 11.7 Å². The summed E-state index contributed by atoms with van der Waals surface area (Å²) in [6.07, 6.45) is -0.424. The third-order valence-corrected chi connectivity index (χ3v) is 6.89. The maximum atomic E-state index is 13.4. The molecule has 0 aliphatic rings. The minimum atomic E-state index is -0.866. The number of ketones is 1. The molecule has 1 aromatic heterocycles. The van der Waals surface area contributed by atoms with Crippen molar-refractivity contribution in [2.75, 3.05) is 13.7 Å². The SMILES string of the molecule is COc1cccc(CNC[C@@H](O)[C@H](Cc2ccccc2)NC(=O)c2cc(C)cc(C(=O)c3cc(C)c(C)o3)c2)c1. The Bertz CT molecular complexity index is 1440. The first-order valence-electron chi connectivity index (χ1n) is 13.3. The van der Waals surface area contributed by atoms with Crippen LogP contribution in [0.15, 0.2) is 83.3 Å². The van der Waals surface area contributed by atoms with Gasteiger partial charge in [-0.15, -0.1) is 0 Å². The number of rotatable bonds is 12. The quantitative estimate of drug-likeness (QED) is 0.220. The number of carbonyl (C=O) groups excluding carboxylic acids is 2. The topological polar surface area (TPSA) is 101 Å². The van der Waals surface area contributed by atoms with Crippen LogP contribution in [0, 0.1) is 20.8 Å². The molecule has 7 heteroatoms. The van der Waals surface area contributed by atoms with Crippen molar-refractivity contribution in [2.45, 2.75) is 45.9 Å². The second-order valence-corrected chi connectivity index (χ2v) is 10.1. The van der Waals surface area contributed by atoms with Gasteiger partial charge in [-0.1, -0.05) is 42.5 Å². The second-order valence-electron chi connectivity index (χ2n) is 10.1. The Kier molecular flexibility index (Phi) is 9.53. The van der Waals surface area contributed by atoms with Gasteiger partial charge in [-0.25, -0.2) is 0 Å². The first kappa shape index (κ1) is 28.8. The monoisotopic (exact) mass is 540 g/mol. The van der Waals surface area contributed by atoms with Gasteiger partial charge < -0.3 is 24.9 Å². The summed E-state index contributed by atoms with van der Waals surface area (Å²) in [5.41, 5.74) is 4.40. The van der Waals surface area contributed by atoms with Crippen molar-refractivity contribution in [1.29, 1.82) is 0 Å². The molecule has 0 bridgehead atoms. The molecule has 0 radical (unpaired) electrons. The van der Waals surface area contributed by atoms with Crippen LogP contribution >= 0.6 is 0 Å². The Morgan fingerprint density at radius 1 is 0.900 bits per heavy atom. The van der Waals surface area contributed by atoms with E-state index >= 15 is 0 Å². The Morgan fingerprint density at radius 2 is 1.62 bits per heavy atom. The van der Waals surface area contributed by atoms with Crippen LogP contribution in [0.1, 0.15) is 54.5 Å². The number of hydrogen-bond donors (Lipinski definition) is 3. The molecule has 1 heterocycles. The third-order valence-electron chi connectivity index (χ3n) is 6.89. The van der Waals surface area contributed by atoms with E-state index in [1.807, 2.05) is 75.4 Å². The summed E-state index contributed by atoms with van der Waals surface area (Å²) in [7, 11) is 1.62. The molecule has 1 amide bonds. The number of benzene rings is 3. The fourth-order valence-electron chi connectivity index (χ4n) is 4.56. The zero-order valence-electron chi connectivity index (χ0n) is 23.4. The van der Waals surface area contributed by atoms with Crippen LogP contribution < -0.4 is 15.4 Å². The van der Waals surface area contributed by atoms with E-state index in [4.69, 9.17) is 9.15 Å². The summed E-state index contributed by atoms with van der Waals surface area (Å²) in [6, 6.07) is 23.6. The molecule has 0 saturated heterocycles. The number of amides is 1. The van der Waals surface area contributed by atoms with E-state index in [9.17, 15) is 14.7 Å². The van der Waals surface area contributed by atoms with Gasteiger partial charge in [0.15, 0.2) is 5.76 Å². The van der Waals surface area contributed by atoms with E-state index in [1.165, 1.54) is 0 Å². The van der Waals surface area contributed by atoms with E-state index in [-0.39, 0.29) is 24.0 Å². The second kappa shape index (κ2) is 13.2. The number of nitrogens with one attached hydrogen (secondary N) is 2. The molecule has 0 fully saturated rings. The summed E-state index contributed by atoms with van der Waals surface area (Å²) in [5, 5.41) is 17.4. The molecule has 3 N–H and O–H groups in total. The van der Waals surface area contributed by atoms with Crippen LogP contribution in [0.4, 0.5) is 0 Å². The van der Waals surface area contributed by atoms with E-state index in [0.717, 1.165) is 28.0 Å². The molecule has 0 aliphatic heterocycles. The molecule has 7 nitrogen and oxygen atoms in total. The van der Waals surface area contributed by atoms with Crippen LogP contribution in [0.3, 0.4) is 0 Å². The minimum Gasteiger partial charge on any atom is -0.497 e. The predicted octanol–water partition coefficient (Wildman–Crippen LogP) is 4.94. The smallest absolute Gasteiger partial charge is 0.251 e. The first-order valence-corrected chi connectivity index (χ1v) is 13.3. The average molecular weight is 541 g/mol. The highest BCUT2D eigenvalue weighted by Gasteiger charge is 2.24. The normalized spacial score (nSPS) is 12.5. The maximum absolute atomic E-state index is 13.4. The van der Waals surface area contributed by atoms with Gasteiger partial charge in [-0.2, -0.15) is 0 Å². The molecule has 4 rings (SSSR count). The van der Waals surface area contributed by atoms with E-state index in [1.54, 1.807) is 31.4 Å². The van der Waals surface area contributed by atoms with Crippen LogP contribution in [-0.4, -0.2) is 42.6 Å². The Labute approximate surface area is 235 Å². The van der Waals surface area contributed by atoms with E-state index < -0.39 is 12.1 Å². The zero-order chi connectivity index (χ0) is 28.6. The van der Waals surface area contributed by atoms with Crippen molar-refractivity contribution in [2.24, 2.45) is 0 Å². The highest BCUT2D eigenvalue weighted by Crippen LogP contribution is 2.20. The van der Waals surface area contributed by atoms with Gasteiger partial charge in [-0.05, 0) is 85.8 Å².